The van der Waals surface area contributed by atoms with E-state index in [1.54, 1.807) is 0 Å². The second kappa shape index (κ2) is 6.56. The molecule has 1 nitrogen and oxygen atoms in total. The molecule has 1 aliphatic carbocycles. The summed E-state index contributed by atoms with van der Waals surface area (Å²) >= 11 is 0. The lowest BCUT2D eigenvalue weighted by atomic mass is 9.70. The van der Waals surface area contributed by atoms with Gasteiger partial charge in [0.2, 0.25) is 0 Å². The predicted octanol–water partition coefficient (Wildman–Crippen LogP) is 4.58. The number of allylic oxidation sites excluding steroid dienone is 2. The van der Waals surface area contributed by atoms with Crippen LogP contribution in [0.1, 0.15) is 52.9 Å². The van der Waals surface area contributed by atoms with Gasteiger partial charge in [0.1, 0.15) is 0 Å². The zero-order chi connectivity index (χ0) is 13.8. The molecule has 18 heavy (non-hydrogen) atoms. The van der Waals surface area contributed by atoms with Crippen molar-refractivity contribution in [3.05, 3.63) is 24.8 Å². The van der Waals surface area contributed by atoms with Gasteiger partial charge in [-0.25, -0.2) is 0 Å². The zero-order valence-corrected chi connectivity index (χ0v) is 12.4. The van der Waals surface area contributed by atoms with Crippen molar-refractivity contribution < 1.29 is 5.11 Å². The molecule has 3 unspecified atom stereocenters. The lowest BCUT2D eigenvalue weighted by Gasteiger charge is -2.35. The number of aliphatic hydroxyl groups excluding tert-OH is 1. The Hall–Kier alpha value is -0.560. The van der Waals surface area contributed by atoms with Crippen LogP contribution in [0.3, 0.4) is 0 Å². The van der Waals surface area contributed by atoms with E-state index in [4.69, 9.17) is 0 Å². The minimum absolute atomic E-state index is 0.290. The third-order valence-corrected chi connectivity index (χ3v) is 5.08. The molecule has 0 aromatic heterocycles. The first-order chi connectivity index (χ1) is 8.47. The average Bonchev–Trinajstić information content (AvgIpc) is 2.62. The van der Waals surface area contributed by atoms with E-state index in [1.807, 2.05) is 0 Å². The molecule has 0 spiro atoms. The average molecular weight is 250 g/mol. The molecule has 1 saturated carbocycles. The zero-order valence-electron chi connectivity index (χ0n) is 12.4. The summed E-state index contributed by atoms with van der Waals surface area (Å²) in [6.45, 7) is 15.4. The second-order valence-corrected chi connectivity index (χ2v) is 6.49. The molecule has 0 heterocycles. The Labute approximate surface area is 113 Å². The highest BCUT2D eigenvalue weighted by Crippen LogP contribution is 2.52. The standard InChI is InChI=1S/C17H30O/c1-6-8-15-9-10-16(17(15,4)5)13(3)11-14(7-2)12-18/h6,14-16,18H,1,3,7-12H2,2,4-5H3. The van der Waals surface area contributed by atoms with Crippen LogP contribution in [0.2, 0.25) is 0 Å². The molecule has 0 saturated heterocycles. The van der Waals surface area contributed by atoms with E-state index in [0.29, 0.717) is 23.9 Å². The van der Waals surface area contributed by atoms with Crippen LogP contribution < -0.4 is 0 Å². The molecule has 0 amide bonds. The minimum Gasteiger partial charge on any atom is -0.396 e. The molecule has 0 radical (unpaired) electrons. The van der Waals surface area contributed by atoms with Gasteiger partial charge in [0.15, 0.2) is 0 Å². The van der Waals surface area contributed by atoms with Gasteiger partial charge in [0, 0.05) is 6.61 Å². The summed E-state index contributed by atoms with van der Waals surface area (Å²) in [6, 6.07) is 0. The van der Waals surface area contributed by atoms with Crippen LogP contribution in [-0.4, -0.2) is 11.7 Å². The van der Waals surface area contributed by atoms with Crippen molar-refractivity contribution in [3.8, 4) is 0 Å². The highest BCUT2D eigenvalue weighted by molar-refractivity contribution is 5.11. The Balaban J connectivity index is 2.67. The van der Waals surface area contributed by atoms with Crippen molar-refractivity contribution in [2.24, 2.45) is 23.2 Å². The van der Waals surface area contributed by atoms with Crippen LogP contribution in [-0.2, 0) is 0 Å². The Morgan fingerprint density at radius 1 is 1.44 bits per heavy atom. The van der Waals surface area contributed by atoms with Crippen LogP contribution in [0, 0.1) is 23.2 Å². The van der Waals surface area contributed by atoms with Gasteiger partial charge < -0.3 is 5.11 Å². The van der Waals surface area contributed by atoms with Crippen molar-refractivity contribution in [3.63, 3.8) is 0 Å². The molecule has 1 aliphatic rings. The first kappa shape index (κ1) is 15.5. The van der Waals surface area contributed by atoms with E-state index in [-0.39, 0.29) is 0 Å². The predicted molar refractivity (Wildman–Crippen MR) is 79.4 cm³/mol. The highest BCUT2D eigenvalue weighted by Gasteiger charge is 2.43. The van der Waals surface area contributed by atoms with Crippen LogP contribution in [0.15, 0.2) is 24.8 Å². The summed E-state index contributed by atoms with van der Waals surface area (Å²) in [5.74, 6) is 1.75. The molecule has 104 valence electrons. The Morgan fingerprint density at radius 3 is 2.61 bits per heavy atom. The summed E-state index contributed by atoms with van der Waals surface area (Å²) in [5, 5.41) is 9.33. The van der Waals surface area contributed by atoms with Gasteiger partial charge in [-0.15, -0.1) is 6.58 Å². The second-order valence-electron chi connectivity index (χ2n) is 6.49. The summed E-state index contributed by atoms with van der Waals surface area (Å²) in [4.78, 5) is 0. The maximum Gasteiger partial charge on any atom is 0.0462 e. The van der Waals surface area contributed by atoms with Crippen LogP contribution in [0.4, 0.5) is 0 Å². The van der Waals surface area contributed by atoms with E-state index in [9.17, 15) is 5.11 Å². The van der Waals surface area contributed by atoms with Gasteiger partial charge in [-0.2, -0.15) is 0 Å². The van der Waals surface area contributed by atoms with Crippen LogP contribution >= 0.6 is 0 Å². The van der Waals surface area contributed by atoms with E-state index >= 15 is 0 Å². The van der Waals surface area contributed by atoms with Crippen LogP contribution in [0.25, 0.3) is 0 Å². The van der Waals surface area contributed by atoms with Gasteiger partial charge in [-0.05, 0) is 48.9 Å². The Morgan fingerprint density at radius 2 is 2.11 bits per heavy atom. The SMILES string of the molecule is C=CCC1CCC(C(=C)CC(CC)CO)C1(C)C. The summed E-state index contributed by atoms with van der Waals surface area (Å²) < 4.78 is 0. The topological polar surface area (TPSA) is 20.2 Å². The Kier molecular flexibility index (Phi) is 5.65. The number of aliphatic hydroxyl groups is 1. The normalized spacial score (nSPS) is 28.0. The highest BCUT2D eigenvalue weighted by atomic mass is 16.3. The fraction of sp³-hybridized carbons (Fsp3) is 0.765. The molecule has 1 fully saturated rings. The first-order valence-electron chi connectivity index (χ1n) is 7.36. The van der Waals surface area contributed by atoms with Crippen molar-refractivity contribution in [2.75, 3.05) is 6.61 Å². The fourth-order valence-corrected chi connectivity index (χ4v) is 3.60. The molecule has 3 atom stereocenters. The maximum atomic E-state index is 9.33. The summed E-state index contributed by atoms with van der Waals surface area (Å²) in [7, 11) is 0. The molecule has 0 aromatic carbocycles. The molecule has 1 heteroatoms. The molecule has 1 rings (SSSR count). The monoisotopic (exact) mass is 250 g/mol. The van der Waals surface area contributed by atoms with Gasteiger partial charge in [0.05, 0.1) is 0 Å². The third kappa shape index (κ3) is 3.26. The third-order valence-electron chi connectivity index (χ3n) is 5.08. The first-order valence-corrected chi connectivity index (χ1v) is 7.36. The summed E-state index contributed by atoms with van der Waals surface area (Å²) in [5.41, 5.74) is 1.69. The van der Waals surface area contributed by atoms with E-state index < -0.39 is 0 Å². The van der Waals surface area contributed by atoms with E-state index in [1.165, 1.54) is 18.4 Å². The minimum atomic E-state index is 0.290. The lowest BCUT2D eigenvalue weighted by Crippen LogP contribution is -2.26. The number of rotatable bonds is 7. The molecular weight excluding hydrogens is 220 g/mol. The summed E-state index contributed by atoms with van der Waals surface area (Å²) in [6.07, 6.45) is 7.75. The molecular formula is C17H30O. The van der Waals surface area contributed by atoms with Crippen molar-refractivity contribution in [1.82, 2.24) is 0 Å². The van der Waals surface area contributed by atoms with Gasteiger partial charge in [0.25, 0.3) is 0 Å². The fourth-order valence-electron chi connectivity index (χ4n) is 3.60. The van der Waals surface area contributed by atoms with Crippen molar-refractivity contribution in [2.45, 2.75) is 52.9 Å². The smallest absolute Gasteiger partial charge is 0.0462 e. The van der Waals surface area contributed by atoms with Gasteiger partial charge >= 0.3 is 0 Å². The van der Waals surface area contributed by atoms with Crippen molar-refractivity contribution >= 4 is 0 Å². The Bertz CT molecular complexity index is 286. The van der Waals surface area contributed by atoms with Crippen molar-refractivity contribution in [1.29, 1.82) is 0 Å². The lowest BCUT2D eigenvalue weighted by molar-refractivity contribution is 0.190. The largest absolute Gasteiger partial charge is 0.396 e. The maximum absolute atomic E-state index is 9.33. The van der Waals surface area contributed by atoms with Crippen LogP contribution in [0.5, 0.6) is 0 Å². The molecule has 1 N–H and O–H groups in total. The van der Waals surface area contributed by atoms with E-state index in [0.717, 1.165) is 25.2 Å². The number of hydrogen-bond acceptors (Lipinski definition) is 1. The van der Waals surface area contributed by atoms with E-state index in [2.05, 4.69) is 40.0 Å². The van der Waals surface area contributed by atoms with Gasteiger partial charge in [-0.1, -0.05) is 45.4 Å². The number of hydrogen-bond donors (Lipinski definition) is 1. The van der Waals surface area contributed by atoms with Gasteiger partial charge in [-0.3, -0.25) is 0 Å². The molecule has 0 bridgehead atoms. The molecule has 0 aromatic rings. The molecule has 0 aliphatic heterocycles. The quantitative estimate of drug-likeness (QED) is 0.656.